The van der Waals surface area contributed by atoms with Crippen LogP contribution in [0.15, 0.2) is 41.3 Å². The van der Waals surface area contributed by atoms with E-state index in [1.807, 2.05) is 0 Å². The normalized spacial score (nSPS) is 10.9. The van der Waals surface area contributed by atoms with Gasteiger partial charge in [-0.15, -0.1) is 0 Å². The molecule has 1 aromatic carbocycles. The van der Waals surface area contributed by atoms with Crippen molar-refractivity contribution in [3.63, 3.8) is 0 Å². The Kier molecular flexibility index (Phi) is 2.99. The Hall–Kier alpha value is -2.27. The van der Waals surface area contributed by atoms with Gasteiger partial charge in [-0.05, 0) is 35.4 Å². The van der Waals surface area contributed by atoms with Gasteiger partial charge in [0.15, 0.2) is 0 Å². The average molecular weight is 290 g/mol. The molecule has 0 saturated heterocycles. The fourth-order valence-electron chi connectivity index (χ4n) is 2.06. The summed E-state index contributed by atoms with van der Waals surface area (Å²) in [5, 5.41) is 0.776. The minimum absolute atomic E-state index is 0.0852. The van der Waals surface area contributed by atoms with E-state index in [1.165, 1.54) is 16.7 Å². The molecule has 0 radical (unpaired) electrons. The summed E-state index contributed by atoms with van der Waals surface area (Å²) >= 11 is 5.74. The van der Waals surface area contributed by atoms with Crippen LogP contribution in [0.4, 0.5) is 4.39 Å². The van der Waals surface area contributed by atoms with Crippen LogP contribution in [0, 0.1) is 5.82 Å². The van der Waals surface area contributed by atoms with E-state index in [2.05, 4.69) is 9.97 Å². The van der Waals surface area contributed by atoms with Crippen molar-refractivity contribution in [2.75, 3.05) is 0 Å². The van der Waals surface area contributed by atoms with Crippen LogP contribution in [0.5, 0.6) is 0 Å². The van der Waals surface area contributed by atoms with Gasteiger partial charge < -0.3 is 0 Å². The largest absolute Gasteiger partial charge is 0.295 e. The summed E-state index contributed by atoms with van der Waals surface area (Å²) in [4.78, 5) is 20.3. The van der Waals surface area contributed by atoms with Crippen LogP contribution in [0.3, 0.4) is 0 Å². The Morgan fingerprint density at radius 1 is 1.25 bits per heavy atom. The van der Waals surface area contributed by atoms with E-state index in [0.717, 1.165) is 0 Å². The van der Waals surface area contributed by atoms with Gasteiger partial charge in [-0.2, -0.15) is 4.98 Å². The Morgan fingerprint density at radius 2 is 1.95 bits per heavy atom. The molecule has 0 amide bonds. The lowest BCUT2D eigenvalue weighted by Gasteiger charge is -2.08. The number of rotatable bonds is 1. The molecule has 0 aliphatic carbocycles. The van der Waals surface area contributed by atoms with Gasteiger partial charge in [0.1, 0.15) is 11.5 Å². The highest BCUT2D eigenvalue weighted by Crippen LogP contribution is 2.20. The van der Waals surface area contributed by atoms with E-state index in [1.54, 1.807) is 31.4 Å². The second-order valence-electron chi connectivity index (χ2n) is 4.35. The Balaban J connectivity index is 2.32. The first-order valence-corrected chi connectivity index (χ1v) is 6.22. The van der Waals surface area contributed by atoms with Gasteiger partial charge >= 0.3 is 0 Å². The maximum absolute atomic E-state index is 13.0. The summed E-state index contributed by atoms with van der Waals surface area (Å²) in [7, 11) is 1.61. The Labute approximate surface area is 118 Å². The molecule has 20 heavy (non-hydrogen) atoms. The highest BCUT2D eigenvalue weighted by atomic mass is 35.5. The van der Waals surface area contributed by atoms with Gasteiger partial charge in [0.25, 0.3) is 5.56 Å². The average Bonchev–Trinajstić information content (AvgIpc) is 2.44. The third kappa shape index (κ3) is 2.06. The number of hydrogen-bond donors (Lipinski definition) is 0. The standard InChI is InChI=1S/C14H9ClFN3O/c1-19-12-9(7-17-14(15)18-12)6-11(13(19)20)8-2-4-10(16)5-3-8/h2-7H,1H3. The minimum Gasteiger partial charge on any atom is -0.295 e. The Morgan fingerprint density at radius 3 is 2.65 bits per heavy atom. The number of halogens is 2. The molecule has 0 atom stereocenters. The quantitative estimate of drug-likeness (QED) is 0.647. The minimum atomic E-state index is -0.346. The van der Waals surface area contributed by atoms with Gasteiger partial charge in [-0.3, -0.25) is 9.36 Å². The van der Waals surface area contributed by atoms with Gasteiger partial charge in [0, 0.05) is 24.2 Å². The third-order valence-corrected chi connectivity index (χ3v) is 3.26. The number of aromatic nitrogens is 3. The molecule has 2 heterocycles. The first-order valence-electron chi connectivity index (χ1n) is 5.84. The molecule has 3 aromatic rings. The van der Waals surface area contributed by atoms with Crippen molar-refractivity contribution >= 4 is 22.6 Å². The van der Waals surface area contributed by atoms with Crippen molar-refractivity contribution in [1.82, 2.24) is 14.5 Å². The molecule has 100 valence electrons. The molecule has 0 saturated carbocycles. The van der Waals surface area contributed by atoms with Crippen molar-refractivity contribution in [2.24, 2.45) is 7.05 Å². The molecule has 0 spiro atoms. The van der Waals surface area contributed by atoms with Crippen molar-refractivity contribution in [3.8, 4) is 11.1 Å². The van der Waals surface area contributed by atoms with Crippen molar-refractivity contribution in [1.29, 1.82) is 0 Å². The number of nitrogens with zero attached hydrogens (tertiary/aromatic N) is 3. The first kappa shape index (κ1) is 12.7. The molecule has 4 nitrogen and oxygen atoms in total. The fourth-order valence-corrected chi connectivity index (χ4v) is 2.19. The maximum atomic E-state index is 13.0. The molecule has 0 aliphatic rings. The molecule has 0 fully saturated rings. The van der Waals surface area contributed by atoms with E-state index in [9.17, 15) is 9.18 Å². The lowest BCUT2D eigenvalue weighted by Crippen LogP contribution is -2.19. The highest BCUT2D eigenvalue weighted by molar-refractivity contribution is 6.28. The van der Waals surface area contributed by atoms with Gasteiger partial charge in [-0.25, -0.2) is 9.37 Å². The predicted octanol–water partition coefficient (Wildman–Crippen LogP) is 2.79. The zero-order valence-corrected chi connectivity index (χ0v) is 11.2. The number of hydrogen-bond acceptors (Lipinski definition) is 3. The number of aryl methyl sites for hydroxylation is 1. The SMILES string of the molecule is Cn1c(=O)c(-c2ccc(F)cc2)cc2cnc(Cl)nc21. The van der Waals surface area contributed by atoms with E-state index >= 15 is 0 Å². The lowest BCUT2D eigenvalue weighted by molar-refractivity contribution is 0.628. The van der Waals surface area contributed by atoms with Crippen LogP contribution < -0.4 is 5.56 Å². The molecule has 2 aromatic heterocycles. The summed E-state index contributed by atoms with van der Waals surface area (Å²) in [6.07, 6.45) is 1.55. The molecular weight excluding hydrogens is 281 g/mol. The first-order chi connectivity index (χ1) is 9.56. The second-order valence-corrected chi connectivity index (χ2v) is 4.69. The monoisotopic (exact) mass is 289 g/mol. The molecule has 3 rings (SSSR count). The zero-order chi connectivity index (χ0) is 14.3. The summed E-state index contributed by atoms with van der Waals surface area (Å²) in [6, 6.07) is 7.44. The molecule has 6 heteroatoms. The molecule has 0 N–H and O–H groups in total. The van der Waals surface area contributed by atoms with Crippen molar-refractivity contribution < 1.29 is 4.39 Å². The Bertz CT molecular complexity index is 859. The highest BCUT2D eigenvalue weighted by Gasteiger charge is 2.10. The van der Waals surface area contributed by atoms with E-state index in [0.29, 0.717) is 22.2 Å². The van der Waals surface area contributed by atoms with Gasteiger partial charge in [0.05, 0.1) is 0 Å². The van der Waals surface area contributed by atoms with Crippen LogP contribution in [0.1, 0.15) is 0 Å². The van der Waals surface area contributed by atoms with Gasteiger partial charge in [-0.1, -0.05) is 12.1 Å². The van der Waals surface area contributed by atoms with Crippen molar-refractivity contribution in [3.05, 3.63) is 58.0 Å². The summed E-state index contributed by atoms with van der Waals surface area (Å²) in [5.74, 6) is -0.346. The molecular formula is C14H9ClFN3O. The molecule has 0 aliphatic heterocycles. The van der Waals surface area contributed by atoms with Crippen LogP contribution in [-0.2, 0) is 7.05 Å². The van der Waals surface area contributed by atoms with Gasteiger partial charge in [0.2, 0.25) is 5.28 Å². The number of pyridine rings is 1. The van der Waals surface area contributed by atoms with E-state index in [-0.39, 0.29) is 16.7 Å². The third-order valence-electron chi connectivity index (χ3n) is 3.07. The van der Waals surface area contributed by atoms with Crippen LogP contribution in [0.2, 0.25) is 5.28 Å². The van der Waals surface area contributed by atoms with Crippen LogP contribution in [0.25, 0.3) is 22.2 Å². The zero-order valence-electron chi connectivity index (χ0n) is 10.5. The number of fused-ring (bicyclic) bond motifs is 1. The fraction of sp³-hybridized carbons (Fsp3) is 0.0714. The maximum Gasteiger partial charge on any atom is 0.259 e. The van der Waals surface area contributed by atoms with E-state index < -0.39 is 0 Å². The molecule has 0 bridgehead atoms. The smallest absolute Gasteiger partial charge is 0.259 e. The predicted molar refractivity (Wildman–Crippen MR) is 75.2 cm³/mol. The summed E-state index contributed by atoms with van der Waals surface area (Å²) in [6.45, 7) is 0. The lowest BCUT2D eigenvalue weighted by atomic mass is 10.1. The summed E-state index contributed by atoms with van der Waals surface area (Å²) in [5.41, 5.74) is 1.34. The second kappa shape index (κ2) is 4.68. The van der Waals surface area contributed by atoms with Crippen molar-refractivity contribution in [2.45, 2.75) is 0 Å². The summed E-state index contributed by atoms with van der Waals surface area (Å²) < 4.78 is 14.4. The number of benzene rings is 1. The van der Waals surface area contributed by atoms with E-state index in [4.69, 9.17) is 11.6 Å². The topological polar surface area (TPSA) is 47.8 Å². The van der Waals surface area contributed by atoms with Crippen LogP contribution >= 0.6 is 11.6 Å². The molecule has 0 unspecified atom stereocenters. The van der Waals surface area contributed by atoms with Crippen LogP contribution in [-0.4, -0.2) is 14.5 Å².